The fourth-order valence-corrected chi connectivity index (χ4v) is 2.49. The first-order chi connectivity index (χ1) is 8.38. The summed E-state index contributed by atoms with van der Waals surface area (Å²) in [5, 5.41) is 6.87. The van der Waals surface area contributed by atoms with Gasteiger partial charge in [0, 0.05) is 30.7 Å². The van der Waals surface area contributed by atoms with Crippen LogP contribution in [0.1, 0.15) is 17.3 Å². The molecular formula is C14H17N3. The van der Waals surface area contributed by atoms with Crippen LogP contribution in [0.5, 0.6) is 0 Å². The standard InChI is InChI=1S/C14H17N3/c1-15-9-13-14-7-4-8-17(14)10-11-5-2-3-6-12(11)16-13/h2-8,13,15-16H,9-10H2,1H3. The Balaban J connectivity index is 2.05. The van der Waals surface area contributed by atoms with Crippen LogP contribution in [0, 0.1) is 0 Å². The van der Waals surface area contributed by atoms with Gasteiger partial charge in [0.25, 0.3) is 0 Å². The Labute approximate surface area is 101 Å². The molecular weight excluding hydrogens is 210 g/mol. The van der Waals surface area contributed by atoms with Crippen molar-refractivity contribution >= 4 is 5.69 Å². The molecule has 88 valence electrons. The summed E-state index contributed by atoms with van der Waals surface area (Å²) in [6.45, 7) is 1.88. The Bertz CT molecular complexity index is 516. The third-order valence-electron chi connectivity index (χ3n) is 3.32. The first kappa shape index (κ1) is 10.4. The fourth-order valence-electron chi connectivity index (χ4n) is 2.49. The number of hydrogen-bond donors (Lipinski definition) is 2. The van der Waals surface area contributed by atoms with Gasteiger partial charge in [-0.3, -0.25) is 0 Å². The molecule has 0 fully saturated rings. The van der Waals surface area contributed by atoms with Gasteiger partial charge >= 0.3 is 0 Å². The van der Waals surface area contributed by atoms with E-state index in [4.69, 9.17) is 0 Å². The number of rotatable bonds is 2. The van der Waals surface area contributed by atoms with E-state index in [2.05, 4.69) is 57.8 Å². The molecule has 1 aromatic heterocycles. The summed E-state index contributed by atoms with van der Waals surface area (Å²) >= 11 is 0. The molecule has 17 heavy (non-hydrogen) atoms. The van der Waals surface area contributed by atoms with Crippen LogP contribution in [0.15, 0.2) is 42.6 Å². The van der Waals surface area contributed by atoms with E-state index in [-0.39, 0.29) is 0 Å². The van der Waals surface area contributed by atoms with Crippen LogP contribution in [0.4, 0.5) is 5.69 Å². The molecule has 1 unspecified atom stereocenters. The number of nitrogens with one attached hydrogen (secondary N) is 2. The summed E-state index contributed by atoms with van der Waals surface area (Å²) in [6, 6.07) is 13.2. The van der Waals surface area contributed by atoms with E-state index >= 15 is 0 Å². The molecule has 0 radical (unpaired) electrons. The number of nitrogens with zero attached hydrogens (tertiary/aromatic N) is 1. The van der Waals surface area contributed by atoms with E-state index in [0.717, 1.165) is 13.1 Å². The summed E-state index contributed by atoms with van der Waals surface area (Å²) in [5.74, 6) is 0. The maximum Gasteiger partial charge on any atom is 0.0789 e. The summed E-state index contributed by atoms with van der Waals surface area (Å²) in [5.41, 5.74) is 3.94. The number of fused-ring (bicyclic) bond motifs is 2. The Morgan fingerprint density at radius 3 is 3.06 bits per heavy atom. The molecule has 3 nitrogen and oxygen atoms in total. The minimum absolute atomic E-state index is 0.332. The van der Waals surface area contributed by atoms with Crippen molar-refractivity contribution in [1.82, 2.24) is 9.88 Å². The minimum atomic E-state index is 0.332. The van der Waals surface area contributed by atoms with Gasteiger partial charge in [-0.25, -0.2) is 0 Å². The van der Waals surface area contributed by atoms with Crippen molar-refractivity contribution in [2.45, 2.75) is 12.6 Å². The molecule has 2 N–H and O–H groups in total. The number of likely N-dealkylation sites (N-methyl/N-ethyl adjacent to an activating group) is 1. The molecule has 0 amide bonds. The second kappa shape index (κ2) is 4.26. The van der Waals surface area contributed by atoms with Crippen molar-refractivity contribution in [2.75, 3.05) is 18.9 Å². The normalized spacial score (nSPS) is 17.8. The Morgan fingerprint density at radius 2 is 2.18 bits per heavy atom. The predicted molar refractivity (Wildman–Crippen MR) is 70.3 cm³/mol. The molecule has 3 rings (SSSR count). The van der Waals surface area contributed by atoms with E-state index in [0.29, 0.717) is 6.04 Å². The van der Waals surface area contributed by atoms with E-state index in [1.54, 1.807) is 0 Å². The van der Waals surface area contributed by atoms with Crippen LogP contribution in [0.25, 0.3) is 0 Å². The third-order valence-corrected chi connectivity index (χ3v) is 3.32. The summed E-state index contributed by atoms with van der Waals surface area (Å²) < 4.78 is 2.32. The van der Waals surface area contributed by atoms with Gasteiger partial charge in [-0.15, -0.1) is 0 Å². The maximum atomic E-state index is 3.62. The first-order valence-corrected chi connectivity index (χ1v) is 6.02. The van der Waals surface area contributed by atoms with Crippen molar-refractivity contribution in [1.29, 1.82) is 0 Å². The monoisotopic (exact) mass is 227 g/mol. The van der Waals surface area contributed by atoms with Gasteiger partial charge in [-0.2, -0.15) is 0 Å². The molecule has 0 saturated heterocycles. The molecule has 3 heteroatoms. The second-order valence-corrected chi connectivity index (χ2v) is 4.47. The van der Waals surface area contributed by atoms with Gasteiger partial charge in [0.2, 0.25) is 0 Å². The lowest BCUT2D eigenvalue weighted by atomic mass is 10.1. The number of hydrogen-bond acceptors (Lipinski definition) is 2. The SMILES string of the molecule is CNCC1Nc2ccccc2Cn2cccc21. The zero-order chi connectivity index (χ0) is 11.7. The molecule has 2 heterocycles. The molecule has 1 aliphatic rings. The molecule has 2 aromatic rings. The van der Waals surface area contributed by atoms with Gasteiger partial charge in [-0.1, -0.05) is 18.2 Å². The smallest absolute Gasteiger partial charge is 0.0789 e. The van der Waals surface area contributed by atoms with Crippen LogP contribution in [0.2, 0.25) is 0 Å². The predicted octanol–water partition coefficient (Wildman–Crippen LogP) is 2.22. The zero-order valence-electron chi connectivity index (χ0n) is 9.98. The zero-order valence-corrected chi connectivity index (χ0v) is 9.98. The Kier molecular flexibility index (Phi) is 2.61. The molecule has 0 spiro atoms. The quantitative estimate of drug-likeness (QED) is 0.823. The van der Waals surface area contributed by atoms with Gasteiger partial charge < -0.3 is 15.2 Å². The maximum absolute atomic E-state index is 3.62. The molecule has 0 bridgehead atoms. The Morgan fingerprint density at radius 1 is 1.29 bits per heavy atom. The van der Waals surface area contributed by atoms with Crippen molar-refractivity contribution < 1.29 is 0 Å². The van der Waals surface area contributed by atoms with Crippen LogP contribution >= 0.6 is 0 Å². The highest BCUT2D eigenvalue weighted by atomic mass is 15.1. The van der Waals surface area contributed by atoms with Crippen molar-refractivity contribution in [3.05, 3.63) is 53.9 Å². The van der Waals surface area contributed by atoms with Crippen LogP contribution in [-0.2, 0) is 6.54 Å². The minimum Gasteiger partial charge on any atom is -0.375 e. The van der Waals surface area contributed by atoms with Crippen LogP contribution in [-0.4, -0.2) is 18.2 Å². The van der Waals surface area contributed by atoms with Crippen LogP contribution in [0.3, 0.4) is 0 Å². The van der Waals surface area contributed by atoms with Gasteiger partial charge in [0.15, 0.2) is 0 Å². The van der Waals surface area contributed by atoms with E-state index in [1.807, 2.05) is 7.05 Å². The van der Waals surface area contributed by atoms with E-state index < -0.39 is 0 Å². The number of benzene rings is 1. The van der Waals surface area contributed by atoms with E-state index in [1.165, 1.54) is 16.9 Å². The van der Waals surface area contributed by atoms with Crippen molar-refractivity contribution in [3.8, 4) is 0 Å². The number of para-hydroxylation sites is 1. The molecule has 0 saturated carbocycles. The summed E-state index contributed by atoms with van der Waals surface area (Å²) in [4.78, 5) is 0. The van der Waals surface area contributed by atoms with Crippen molar-refractivity contribution in [2.24, 2.45) is 0 Å². The second-order valence-electron chi connectivity index (χ2n) is 4.47. The highest BCUT2D eigenvalue weighted by Gasteiger charge is 2.19. The Hall–Kier alpha value is -1.74. The lowest BCUT2D eigenvalue weighted by Gasteiger charge is -2.18. The first-order valence-electron chi connectivity index (χ1n) is 6.02. The third kappa shape index (κ3) is 1.83. The summed E-state index contributed by atoms with van der Waals surface area (Å²) in [6.07, 6.45) is 2.15. The average molecular weight is 227 g/mol. The largest absolute Gasteiger partial charge is 0.375 e. The van der Waals surface area contributed by atoms with Gasteiger partial charge in [0.1, 0.15) is 0 Å². The summed E-state index contributed by atoms with van der Waals surface area (Å²) in [7, 11) is 1.99. The molecule has 0 aliphatic carbocycles. The van der Waals surface area contributed by atoms with Gasteiger partial charge in [-0.05, 0) is 30.8 Å². The highest BCUT2D eigenvalue weighted by molar-refractivity contribution is 5.54. The van der Waals surface area contributed by atoms with E-state index in [9.17, 15) is 0 Å². The molecule has 1 aliphatic heterocycles. The van der Waals surface area contributed by atoms with Crippen LogP contribution < -0.4 is 10.6 Å². The molecule has 1 aromatic carbocycles. The van der Waals surface area contributed by atoms with Crippen molar-refractivity contribution in [3.63, 3.8) is 0 Å². The number of aromatic nitrogens is 1. The number of anilines is 1. The lowest BCUT2D eigenvalue weighted by Crippen LogP contribution is -2.24. The fraction of sp³-hybridized carbons (Fsp3) is 0.286. The lowest BCUT2D eigenvalue weighted by molar-refractivity contribution is 0.641. The molecule has 1 atom stereocenters. The average Bonchev–Trinajstić information content (AvgIpc) is 2.74. The van der Waals surface area contributed by atoms with Gasteiger partial charge in [0.05, 0.1) is 6.04 Å². The highest BCUT2D eigenvalue weighted by Crippen LogP contribution is 2.28. The topological polar surface area (TPSA) is 29.0 Å².